The van der Waals surface area contributed by atoms with Gasteiger partial charge in [-0.25, -0.2) is 14.3 Å². The second-order valence-electron chi connectivity index (χ2n) is 18.0. The van der Waals surface area contributed by atoms with Crippen molar-refractivity contribution in [1.29, 1.82) is 0 Å². The standard InChI is InChI=1S/C25H25FN2O5.C14H15FO5.C14H16O5.B/c1-3-32-24(30)25(13-19(25)23(29)28-31)12-16-8-9-22(20(26)11-16)33-14-17-10-15(2)27-21-7-5-4-6-18(17)21;1-2-20-13(19)14(7-9(14)12(17)18)6-8-3-4-11(16)10(15)5-8;1-2-19-13(18)14(8-11(14)12(16)17)7-9-3-5-10(15)6-4-9;/h4-11,19,31H,3,12-14H2,1-2H3,(H,28,29);3-5,9,16H,2,6-7H2,1H3,(H,17,18);3-6,11,15H,2,7-8H2,1H3,(H,16,17);/t19?,25-;9?,14-;11?,14-;/m000./s1. The van der Waals surface area contributed by atoms with Gasteiger partial charge in [0, 0.05) is 25.1 Å². The van der Waals surface area contributed by atoms with Crippen molar-refractivity contribution in [3.8, 4) is 17.2 Å². The van der Waals surface area contributed by atoms with Gasteiger partial charge in [-0.2, -0.15) is 0 Å². The minimum absolute atomic E-state index is 0. The van der Waals surface area contributed by atoms with Gasteiger partial charge < -0.3 is 39.4 Å². The Labute approximate surface area is 421 Å². The number of phenolic OH excluding ortho intramolecular Hbond substituents is 2. The Bertz CT molecular complexity index is 2850. The summed E-state index contributed by atoms with van der Waals surface area (Å²) in [6.45, 7) is 7.65. The number of carbonyl (C=O) groups is 6. The molecule has 6 N–H and O–H groups in total. The zero-order valence-electron chi connectivity index (χ0n) is 40.6. The summed E-state index contributed by atoms with van der Waals surface area (Å²) in [5.74, 6) is -8.04. The Balaban J connectivity index is 0.000000214. The van der Waals surface area contributed by atoms with E-state index in [-0.39, 0.29) is 72.0 Å². The number of carboxylic acids is 2. The second-order valence-corrected chi connectivity index (χ2v) is 18.0. The molecule has 3 saturated carbocycles. The fraction of sp³-hybridized carbons (Fsp3) is 0.377. The molecule has 0 aliphatic heterocycles. The fourth-order valence-corrected chi connectivity index (χ4v) is 9.10. The predicted octanol–water partition coefficient (Wildman–Crippen LogP) is 6.81. The third-order valence-electron chi connectivity index (χ3n) is 13.1. The lowest BCUT2D eigenvalue weighted by atomic mass is 9.93. The number of esters is 3. The van der Waals surface area contributed by atoms with Crippen LogP contribution in [0.3, 0.4) is 0 Å². The van der Waals surface area contributed by atoms with E-state index < -0.39 is 87.1 Å². The van der Waals surface area contributed by atoms with Gasteiger partial charge >= 0.3 is 29.8 Å². The van der Waals surface area contributed by atoms with Crippen molar-refractivity contribution < 1.29 is 82.1 Å². The van der Waals surface area contributed by atoms with Crippen LogP contribution in [0.4, 0.5) is 8.78 Å². The van der Waals surface area contributed by atoms with Crippen molar-refractivity contribution in [1.82, 2.24) is 10.5 Å². The molecule has 0 spiro atoms. The summed E-state index contributed by atoms with van der Waals surface area (Å²) in [4.78, 5) is 75.0. The Morgan fingerprint density at radius 3 is 1.59 bits per heavy atom. The molecule has 3 aliphatic rings. The Hall–Kier alpha value is -7.61. The van der Waals surface area contributed by atoms with E-state index in [1.807, 2.05) is 37.3 Å². The number of halogens is 2. The number of phenols is 2. The molecule has 17 nitrogen and oxygen atoms in total. The first-order valence-electron chi connectivity index (χ1n) is 23.2. The number of hydrogen-bond donors (Lipinski definition) is 6. The molecular weight excluding hydrogens is 953 g/mol. The summed E-state index contributed by atoms with van der Waals surface area (Å²) >= 11 is 0. The molecular formula is C53H56BF2N2O15. The molecule has 73 heavy (non-hydrogen) atoms. The molecule has 3 aliphatic carbocycles. The topological polar surface area (TPSA) is 265 Å². The zero-order valence-corrected chi connectivity index (χ0v) is 40.6. The van der Waals surface area contributed by atoms with Crippen molar-refractivity contribution in [3.63, 3.8) is 0 Å². The van der Waals surface area contributed by atoms with Crippen LogP contribution in [0.2, 0.25) is 0 Å². The van der Waals surface area contributed by atoms with Crippen LogP contribution in [-0.4, -0.2) is 94.6 Å². The van der Waals surface area contributed by atoms with Gasteiger partial charge in [-0.05, 0) is 131 Å². The van der Waals surface area contributed by atoms with Gasteiger partial charge in [-0.3, -0.25) is 39.0 Å². The lowest BCUT2D eigenvalue weighted by Crippen LogP contribution is -2.30. The highest BCUT2D eigenvalue weighted by Gasteiger charge is 2.66. The van der Waals surface area contributed by atoms with Gasteiger partial charge in [0.05, 0.1) is 59.3 Å². The lowest BCUT2D eigenvalue weighted by molar-refractivity contribution is -0.153. The minimum Gasteiger partial charge on any atom is -0.508 e. The summed E-state index contributed by atoms with van der Waals surface area (Å²) in [6, 6.07) is 24.3. The number of amides is 1. The highest BCUT2D eigenvalue weighted by molar-refractivity contribution is 5.94. The number of ether oxygens (including phenoxy) is 4. The van der Waals surface area contributed by atoms with Crippen LogP contribution >= 0.6 is 0 Å². The molecule has 1 aromatic heterocycles. The van der Waals surface area contributed by atoms with Gasteiger partial charge in [0.25, 0.3) is 0 Å². The van der Waals surface area contributed by atoms with Crippen molar-refractivity contribution >= 4 is 55.1 Å². The molecule has 3 unspecified atom stereocenters. The predicted molar refractivity (Wildman–Crippen MR) is 257 cm³/mol. The van der Waals surface area contributed by atoms with Gasteiger partial charge in [-0.15, -0.1) is 0 Å². The van der Waals surface area contributed by atoms with E-state index >= 15 is 0 Å². The SMILES string of the molecule is CCOC(=O)[C@@]1(Cc2ccc(O)c(F)c2)CC1C(=O)O.CCOC(=O)[C@@]1(Cc2ccc(O)cc2)CC1C(=O)O.CCOC(=O)[C@@]1(Cc2ccc(OCc3cc(C)nc4ccccc34)c(F)c2)CC1C(=O)NO.[B]. The number of pyridine rings is 1. The molecule has 20 heteroatoms. The number of hydrogen-bond acceptors (Lipinski definition) is 14. The number of aromatic hydroxyl groups is 2. The number of fused-ring (bicyclic) bond motifs is 1. The lowest BCUT2D eigenvalue weighted by Gasteiger charge is -2.16. The zero-order chi connectivity index (χ0) is 52.5. The number of aliphatic carboxylic acids is 2. The maximum atomic E-state index is 14.8. The molecule has 5 aromatic rings. The number of carboxylic acid groups (broad SMARTS) is 2. The van der Waals surface area contributed by atoms with Crippen molar-refractivity contribution in [2.45, 2.75) is 72.8 Å². The van der Waals surface area contributed by atoms with E-state index in [2.05, 4.69) is 4.98 Å². The number of aryl methyl sites for hydroxylation is 1. The van der Waals surface area contributed by atoms with Crippen molar-refractivity contribution in [3.05, 3.63) is 131 Å². The average Bonchev–Trinajstić information content (AvgIpc) is 4.29. The van der Waals surface area contributed by atoms with E-state index in [0.29, 0.717) is 24.0 Å². The summed E-state index contributed by atoms with van der Waals surface area (Å²) in [7, 11) is 0. The summed E-state index contributed by atoms with van der Waals surface area (Å²) in [6.07, 6.45) is 1.25. The first-order chi connectivity index (χ1) is 34.3. The molecule has 1 heterocycles. The molecule has 6 atom stereocenters. The van der Waals surface area contributed by atoms with Crippen LogP contribution in [0.15, 0.2) is 91.0 Å². The quantitative estimate of drug-likeness (QED) is 0.0173. The number of nitrogens with zero attached hydrogens (tertiary/aromatic N) is 1. The summed E-state index contributed by atoms with van der Waals surface area (Å²) < 4.78 is 48.9. The Morgan fingerprint density at radius 1 is 0.644 bits per heavy atom. The van der Waals surface area contributed by atoms with Gasteiger partial charge in [0.15, 0.2) is 23.1 Å². The van der Waals surface area contributed by atoms with Gasteiger partial charge in [-0.1, -0.05) is 42.5 Å². The van der Waals surface area contributed by atoms with Crippen LogP contribution < -0.4 is 10.2 Å². The van der Waals surface area contributed by atoms with Crippen LogP contribution in [0.1, 0.15) is 68.0 Å². The number of benzene rings is 4. The molecule has 1 amide bonds. The number of carbonyl (C=O) groups excluding carboxylic acids is 4. The number of hydroxylamine groups is 1. The van der Waals surface area contributed by atoms with E-state index in [0.717, 1.165) is 33.8 Å². The van der Waals surface area contributed by atoms with Gasteiger partial charge in [0.1, 0.15) is 12.4 Å². The van der Waals surface area contributed by atoms with Gasteiger partial charge in [0.2, 0.25) is 5.91 Å². The summed E-state index contributed by atoms with van der Waals surface area (Å²) in [5, 5.41) is 46.4. The van der Waals surface area contributed by atoms with E-state index in [9.17, 15) is 42.7 Å². The maximum absolute atomic E-state index is 14.8. The number of para-hydroxylation sites is 1. The molecule has 4 aromatic carbocycles. The monoisotopic (exact) mass is 1010 g/mol. The molecule has 0 bridgehead atoms. The molecule has 0 saturated heterocycles. The first-order valence-corrected chi connectivity index (χ1v) is 23.2. The first kappa shape index (κ1) is 56.3. The Kier molecular flexibility index (Phi) is 18.3. The minimum atomic E-state index is -1.12. The average molecular weight is 1010 g/mol. The maximum Gasteiger partial charge on any atom is 0.313 e. The van der Waals surface area contributed by atoms with E-state index in [1.165, 1.54) is 36.4 Å². The molecule has 8 rings (SSSR count). The summed E-state index contributed by atoms with van der Waals surface area (Å²) in [5.41, 5.74) is 2.82. The smallest absolute Gasteiger partial charge is 0.313 e. The van der Waals surface area contributed by atoms with Crippen molar-refractivity contribution in [2.24, 2.45) is 34.0 Å². The fourth-order valence-electron chi connectivity index (χ4n) is 9.10. The number of rotatable bonds is 18. The number of nitrogens with one attached hydrogen (secondary N) is 1. The molecule has 385 valence electrons. The largest absolute Gasteiger partial charge is 0.508 e. The van der Waals surface area contributed by atoms with Crippen LogP contribution in [0.5, 0.6) is 17.2 Å². The molecule has 3 radical (unpaired) electrons. The van der Waals surface area contributed by atoms with Crippen LogP contribution in [0.25, 0.3) is 10.9 Å². The third kappa shape index (κ3) is 12.9. The van der Waals surface area contributed by atoms with Crippen molar-refractivity contribution in [2.75, 3.05) is 19.8 Å². The molecule has 3 fully saturated rings. The van der Waals surface area contributed by atoms with Crippen LogP contribution in [-0.2, 0) is 68.8 Å². The highest BCUT2D eigenvalue weighted by Crippen LogP contribution is 2.58. The number of aromatic nitrogens is 1. The third-order valence-corrected chi connectivity index (χ3v) is 13.1. The van der Waals surface area contributed by atoms with Crippen LogP contribution in [0, 0.1) is 52.6 Å². The Morgan fingerprint density at radius 2 is 1.11 bits per heavy atom. The van der Waals surface area contributed by atoms with E-state index in [4.69, 9.17) is 39.5 Å². The highest BCUT2D eigenvalue weighted by atomic mass is 19.1. The second kappa shape index (κ2) is 23.7. The van der Waals surface area contributed by atoms with E-state index in [1.54, 1.807) is 44.5 Å². The normalized spacial score (nSPS) is 21.8.